The molecule has 0 amide bonds. The van der Waals surface area contributed by atoms with Gasteiger partial charge in [0.2, 0.25) is 0 Å². The second-order valence-electron chi connectivity index (χ2n) is 4.46. The first-order valence-electron chi connectivity index (χ1n) is 5.21. The van der Waals surface area contributed by atoms with Crippen molar-refractivity contribution in [1.29, 1.82) is 0 Å². The number of carbonyl (C=O) groups is 1. The molecule has 1 aromatic carbocycles. The molecule has 17 heavy (non-hydrogen) atoms. The molecule has 0 aliphatic heterocycles. The third-order valence-electron chi connectivity index (χ3n) is 2.83. The van der Waals surface area contributed by atoms with Crippen LogP contribution in [-0.4, -0.2) is 16.1 Å². The van der Waals surface area contributed by atoms with Crippen molar-refractivity contribution in [3.8, 4) is 0 Å². The predicted octanol–water partition coefficient (Wildman–Crippen LogP) is 3.36. The zero-order valence-electron chi connectivity index (χ0n) is 9.57. The van der Waals surface area contributed by atoms with Crippen LogP contribution in [0.4, 0.5) is 0 Å². The van der Waals surface area contributed by atoms with Crippen LogP contribution in [-0.2, 0) is 10.2 Å². The highest BCUT2D eigenvalue weighted by Gasteiger charge is 2.30. The van der Waals surface area contributed by atoms with Crippen LogP contribution in [0.1, 0.15) is 19.5 Å². The molecule has 4 heteroatoms. The fourth-order valence-electron chi connectivity index (χ4n) is 1.55. The van der Waals surface area contributed by atoms with Crippen molar-refractivity contribution < 1.29 is 9.90 Å². The lowest BCUT2D eigenvalue weighted by molar-refractivity contribution is -0.142. The molecule has 0 atom stereocenters. The molecule has 0 radical (unpaired) electrons. The van der Waals surface area contributed by atoms with Crippen molar-refractivity contribution in [2.45, 2.75) is 19.3 Å². The highest BCUT2D eigenvalue weighted by atomic mass is 79.9. The normalized spacial score (nSPS) is 11.7. The Hall–Kier alpha value is -1.42. The third kappa shape index (κ3) is 2.17. The quantitative estimate of drug-likeness (QED) is 0.924. The highest BCUT2D eigenvalue weighted by molar-refractivity contribution is 9.10. The number of halogens is 1. The Balaban J connectivity index is 2.59. The van der Waals surface area contributed by atoms with Crippen LogP contribution in [0.5, 0.6) is 0 Å². The minimum absolute atomic E-state index is 0.569. The average molecular weight is 294 g/mol. The van der Waals surface area contributed by atoms with Crippen molar-refractivity contribution in [3.05, 3.63) is 40.5 Å². The van der Waals surface area contributed by atoms with E-state index in [0.29, 0.717) is 5.69 Å². The molecule has 0 fully saturated rings. The van der Waals surface area contributed by atoms with Gasteiger partial charge < -0.3 is 5.11 Å². The topological polar surface area (TPSA) is 50.2 Å². The van der Waals surface area contributed by atoms with Crippen LogP contribution in [0, 0.1) is 0 Å². The number of fused-ring (bicyclic) bond motifs is 1. The Morgan fingerprint density at radius 1 is 1.29 bits per heavy atom. The summed E-state index contributed by atoms with van der Waals surface area (Å²) in [4.78, 5) is 15.6. The smallest absolute Gasteiger partial charge is 0.315 e. The first kappa shape index (κ1) is 12.0. The minimum Gasteiger partial charge on any atom is -0.481 e. The molecule has 0 saturated carbocycles. The van der Waals surface area contributed by atoms with E-state index in [9.17, 15) is 4.79 Å². The number of aliphatic carboxylic acids is 1. The Labute approximate surface area is 108 Å². The van der Waals surface area contributed by atoms with Gasteiger partial charge in [-0.2, -0.15) is 0 Å². The summed E-state index contributed by atoms with van der Waals surface area (Å²) in [6, 6.07) is 9.39. The fraction of sp³-hybridized carbons (Fsp3) is 0.231. The molecule has 1 N–H and O–H groups in total. The molecule has 0 aliphatic rings. The van der Waals surface area contributed by atoms with E-state index < -0.39 is 11.4 Å². The summed E-state index contributed by atoms with van der Waals surface area (Å²) in [5.74, 6) is -0.874. The lowest BCUT2D eigenvalue weighted by atomic mass is 9.89. The second-order valence-corrected chi connectivity index (χ2v) is 5.38. The van der Waals surface area contributed by atoms with Gasteiger partial charge in [0.05, 0.1) is 11.2 Å². The van der Waals surface area contributed by atoms with Gasteiger partial charge >= 0.3 is 5.97 Å². The van der Waals surface area contributed by atoms with Crippen LogP contribution in [0.3, 0.4) is 0 Å². The van der Waals surface area contributed by atoms with Crippen molar-refractivity contribution in [3.63, 3.8) is 0 Å². The molecule has 0 saturated heterocycles. The molecular weight excluding hydrogens is 282 g/mol. The first-order valence-corrected chi connectivity index (χ1v) is 6.01. The number of rotatable bonds is 2. The van der Waals surface area contributed by atoms with Crippen LogP contribution in [0.25, 0.3) is 10.9 Å². The molecule has 0 unspecified atom stereocenters. The Morgan fingerprint density at radius 2 is 2.00 bits per heavy atom. The molecule has 2 rings (SSSR count). The largest absolute Gasteiger partial charge is 0.481 e. The zero-order valence-corrected chi connectivity index (χ0v) is 11.2. The maximum Gasteiger partial charge on any atom is 0.315 e. The van der Waals surface area contributed by atoms with Gasteiger partial charge in [-0.25, -0.2) is 0 Å². The van der Waals surface area contributed by atoms with Crippen molar-refractivity contribution in [1.82, 2.24) is 4.98 Å². The van der Waals surface area contributed by atoms with E-state index in [2.05, 4.69) is 20.9 Å². The number of carboxylic acid groups (broad SMARTS) is 1. The molecule has 1 aromatic heterocycles. The van der Waals surface area contributed by atoms with Crippen molar-refractivity contribution >= 4 is 32.8 Å². The summed E-state index contributed by atoms with van der Waals surface area (Å²) < 4.78 is 0.983. The van der Waals surface area contributed by atoms with E-state index in [0.717, 1.165) is 15.4 Å². The summed E-state index contributed by atoms with van der Waals surface area (Å²) in [5.41, 5.74) is 0.404. The van der Waals surface area contributed by atoms with E-state index in [4.69, 9.17) is 5.11 Å². The lowest BCUT2D eigenvalue weighted by Gasteiger charge is -2.18. The highest BCUT2D eigenvalue weighted by Crippen LogP contribution is 2.25. The monoisotopic (exact) mass is 293 g/mol. The number of hydrogen-bond acceptors (Lipinski definition) is 2. The number of carboxylic acids is 1. The van der Waals surface area contributed by atoms with Gasteiger partial charge in [0.25, 0.3) is 0 Å². The van der Waals surface area contributed by atoms with Crippen molar-refractivity contribution in [2.75, 3.05) is 0 Å². The van der Waals surface area contributed by atoms with E-state index >= 15 is 0 Å². The summed E-state index contributed by atoms with van der Waals surface area (Å²) in [6.45, 7) is 3.31. The molecule has 0 aliphatic carbocycles. The summed E-state index contributed by atoms with van der Waals surface area (Å²) in [6.07, 6.45) is 0. The number of benzene rings is 1. The van der Waals surface area contributed by atoms with E-state index in [-0.39, 0.29) is 0 Å². The van der Waals surface area contributed by atoms with E-state index in [1.54, 1.807) is 19.9 Å². The summed E-state index contributed by atoms with van der Waals surface area (Å²) >= 11 is 3.39. The maximum absolute atomic E-state index is 11.2. The Bertz CT molecular complexity index is 593. The Kier molecular flexibility index (Phi) is 2.91. The standard InChI is InChI=1S/C13H12BrNO2/c1-13(2,12(16)17)11-6-3-8-7-9(14)4-5-10(8)15-11/h3-7H,1-2H3,(H,16,17). The van der Waals surface area contributed by atoms with Gasteiger partial charge in [-0.05, 0) is 38.1 Å². The zero-order chi connectivity index (χ0) is 12.6. The minimum atomic E-state index is -0.971. The molecule has 88 valence electrons. The number of pyridine rings is 1. The van der Waals surface area contributed by atoms with Gasteiger partial charge in [-0.15, -0.1) is 0 Å². The van der Waals surface area contributed by atoms with Gasteiger partial charge in [-0.3, -0.25) is 9.78 Å². The maximum atomic E-state index is 11.2. The van der Waals surface area contributed by atoms with Crippen LogP contribution in [0.2, 0.25) is 0 Å². The lowest BCUT2D eigenvalue weighted by Crippen LogP contribution is -2.29. The SMILES string of the molecule is CC(C)(C(=O)O)c1ccc2cc(Br)ccc2n1. The number of hydrogen-bond donors (Lipinski definition) is 1. The molecule has 0 spiro atoms. The molecule has 1 heterocycles. The van der Waals surface area contributed by atoms with E-state index in [1.165, 1.54) is 0 Å². The summed E-state index contributed by atoms with van der Waals surface area (Å²) in [5, 5.41) is 10.2. The molecule has 0 bridgehead atoms. The van der Waals surface area contributed by atoms with Crippen molar-refractivity contribution in [2.24, 2.45) is 0 Å². The fourth-order valence-corrected chi connectivity index (χ4v) is 1.93. The van der Waals surface area contributed by atoms with Gasteiger partial charge in [0, 0.05) is 9.86 Å². The second kappa shape index (κ2) is 4.11. The number of nitrogens with zero attached hydrogens (tertiary/aromatic N) is 1. The first-order chi connectivity index (χ1) is 7.91. The molecule has 3 nitrogen and oxygen atoms in total. The van der Waals surface area contributed by atoms with E-state index in [1.807, 2.05) is 24.3 Å². The molecular formula is C13H12BrNO2. The Morgan fingerprint density at radius 3 is 2.65 bits per heavy atom. The van der Waals surface area contributed by atoms with Gasteiger partial charge in [0.1, 0.15) is 5.41 Å². The third-order valence-corrected chi connectivity index (χ3v) is 3.32. The van der Waals surface area contributed by atoms with Gasteiger partial charge in [-0.1, -0.05) is 22.0 Å². The average Bonchev–Trinajstić information content (AvgIpc) is 2.28. The van der Waals surface area contributed by atoms with Gasteiger partial charge in [0.15, 0.2) is 0 Å². The predicted molar refractivity (Wildman–Crippen MR) is 70.1 cm³/mol. The summed E-state index contributed by atoms with van der Waals surface area (Å²) in [7, 11) is 0. The molecule has 2 aromatic rings. The van der Waals surface area contributed by atoms with Crippen LogP contribution >= 0.6 is 15.9 Å². The van der Waals surface area contributed by atoms with Crippen LogP contribution in [0.15, 0.2) is 34.8 Å². The van der Waals surface area contributed by atoms with Crippen LogP contribution < -0.4 is 0 Å². The number of aromatic nitrogens is 1.